The van der Waals surface area contributed by atoms with Gasteiger partial charge in [-0.25, -0.2) is 15.0 Å². The molecule has 3 heterocycles. The van der Waals surface area contributed by atoms with E-state index >= 15 is 0 Å². The van der Waals surface area contributed by atoms with Gasteiger partial charge in [0, 0.05) is 29.3 Å². The Morgan fingerprint density at radius 2 is 2.00 bits per heavy atom. The van der Waals surface area contributed by atoms with Gasteiger partial charge in [0.05, 0.1) is 5.52 Å². The number of nitrogens with zero attached hydrogens (tertiary/aromatic N) is 6. The molecule has 1 saturated carbocycles. The first-order valence-corrected chi connectivity index (χ1v) is 11.5. The van der Waals surface area contributed by atoms with Crippen LogP contribution in [0.2, 0.25) is 0 Å². The van der Waals surface area contributed by atoms with Gasteiger partial charge in [0.1, 0.15) is 30.5 Å². The van der Waals surface area contributed by atoms with E-state index in [2.05, 4.69) is 35.8 Å². The van der Waals surface area contributed by atoms with Crippen LogP contribution in [-0.4, -0.2) is 41.5 Å². The lowest BCUT2D eigenvalue weighted by molar-refractivity contribution is -0.116. The van der Waals surface area contributed by atoms with Crippen LogP contribution in [0, 0.1) is 6.92 Å². The van der Waals surface area contributed by atoms with E-state index < -0.39 is 0 Å². The Kier molecular flexibility index (Phi) is 5.45. The monoisotopic (exact) mass is 478 g/mol. The van der Waals surface area contributed by atoms with E-state index in [0.29, 0.717) is 29.1 Å². The molecule has 1 amide bonds. The SMILES string of the molecule is Cc1cc(Nc2ncnc3ccc(/C=C/C(=O)NC4CC4)cc23)ccc1Oc1cc2nncn2cn1. The second kappa shape index (κ2) is 9.06. The number of aryl methyl sites for hydroxylation is 1. The molecule has 1 aliphatic carbocycles. The normalized spacial score (nSPS) is 13.4. The highest BCUT2D eigenvalue weighted by atomic mass is 16.5. The van der Waals surface area contributed by atoms with Crippen LogP contribution in [0.4, 0.5) is 11.5 Å². The number of ether oxygens (including phenoxy) is 1. The van der Waals surface area contributed by atoms with Crippen molar-refractivity contribution in [3.63, 3.8) is 0 Å². The zero-order valence-corrected chi connectivity index (χ0v) is 19.4. The molecule has 6 rings (SSSR count). The summed E-state index contributed by atoms with van der Waals surface area (Å²) in [7, 11) is 0. The van der Waals surface area contributed by atoms with Gasteiger partial charge < -0.3 is 15.4 Å². The molecule has 10 heteroatoms. The molecular formula is C26H22N8O2. The first-order valence-electron chi connectivity index (χ1n) is 11.5. The van der Waals surface area contributed by atoms with E-state index in [1.807, 2.05) is 43.3 Å². The lowest BCUT2D eigenvalue weighted by atomic mass is 10.1. The third-order valence-corrected chi connectivity index (χ3v) is 5.83. The van der Waals surface area contributed by atoms with Crippen molar-refractivity contribution in [3.05, 3.63) is 78.6 Å². The Hall–Kier alpha value is -4.86. The fourth-order valence-electron chi connectivity index (χ4n) is 3.78. The summed E-state index contributed by atoms with van der Waals surface area (Å²) in [5.41, 5.74) is 4.13. The highest BCUT2D eigenvalue weighted by Crippen LogP contribution is 2.30. The number of carbonyl (C=O) groups excluding carboxylic acids is 1. The number of rotatable bonds is 7. The zero-order chi connectivity index (χ0) is 24.5. The van der Waals surface area contributed by atoms with Crippen LogP contribution in [0.1, 0.15) is 24.0 Å². The number of hydrogen-bond acceptors (Lipinski definition) is 8. The molecule has 2 aromatic carbocycles. The molecule has 2 N–H and O–H groups in total. The summed E-state index contributed by atoms with van der Waals surface area (Å²) in [5, 5.41) is 15.1. The minimum absolute atomic E-state index is 0.0744. The van der Waals surface area contributed by atoms with Crippen molar-refractivity contribution in [2.24, 2.45) is 0 Å². The minimum Gasteiger partial charge on any atom is -0.439 e. The zero-order valence-electron chi connectivity index (χ0n) is 19.4. The van der Waals surface area contributed by atoms with Crippen molar-refractivity contribution in [1.82, 2.24) is 34.9 Å². The molecule has 0 aliphatic heterocycles. The average Bonchev–Trinajstić information content (AvgIpc) is 3.57. The summed E-state index contributed by atoms with van der Waals surface area (Å²) in [6, 6.07) is 13.6. The van der Waals surface area contributed by atoms with Crippen molar-refractivity contribution in [1.29, 1.82) is 0 Å². The van der Waals surface area contributed by atoms with Crippen molar-refractivity contribution in [3.8, 4) is 11.6 Å². The topological polar surface area (TPSA) is 119 Å². The summed E-state index contributed by atoms with van der Waals surface area (Å²) in [6.07, 6.45) is 10.2. The van der Waals surface area contributed by atoms with Crippen molar-refractivity contribution >= 4 is 40.0 Å². The Bertz CT molecular complexity index is 1620. The third kappa shape index (κ3) is 4.69. The second-order valence-corrected chi connectivity index (χ2v) is 8.65. The van der Waals surface area contributed by atoms with Gasteiger partial charge in [0.25, 0.3) is 0 Å². The van der Waals surface area contributed by atoms with Crippen molar-refractivity contribution in [2.75, 3.05) is 5.32 Å². The lowest BCUT2D eigenvalue weighted by Crippen LogP contribution is -2.22. The van der Waals surface area contributed by atoms with E-state index in [0.717, 1.165) is 40.6 Å². The summed E-state index contributed by atoms with van der Waals surface area (Å²) >= 11 is 0. The van der Waals surface area contributed by atoms with Gasteiger partial charge in [-0.05, 0) is 67.3 Å². The fraction of sp³-hybridized carbons (Fsp3) is 0.154. The highest BCUT2D eigenvalue weighted by molar-refractivity contribution is 5.95. The van der Waals surface area contributed by atoms with Gasteiger partial charge in [-0.3, -0.25) is 9.20 Å². The molecule has 0 bridgehead atoms. The van der Waals surface area contributed by atoms with Gasteiger partial charge in [-0.15, -0.1) is 10.2 Å². The number of aromatic nitrogens is 6. The molecule has 178 valence electrons. The molecule has 3 aromatic heterocycles. The Morgan fingerprint density at radius 1 is 1.08 bits per heavy atom. The second-order valence-electron chi connectivity index (χ2n) is 8.65. The van der Waals surface area contributed by atoms with E-state index in [1.165, 1.54) is 6.33 Å². The quantitative estimate of drug-likeness (QED) is 0.334. The van der Waals surface area contributed by atoms with Crippen LogP contribution < -0.4 is 15.4 Å². The molecule has 0 spiro atoms. The van der Waals surface area contributed by atoms with E-state index in [1.54, 1.807) is 35.3 Å². The average molecular weight is 479 g/mol. The van der Waals surface area contributed by atoms with Gasteiger partial charge in [-0.1, -0.05) is 6.07 Å². The first-order chi connectivity index (χ1) is 17.6. The molecule has 1 aliphatic rings. The molecule has 36 heavy (non-hydrogen) atoms. The van der Waals surface area contributed by atoms with Gasteiger partial charge in [-0.2, -0.15) is 0 Å². The van der Waals surface area contributed by atoms with Gasteiger partial charge in [0.2, 0.25) is 11.8 Å². The highest BCUT2D eigenvalue weighted by Gasteiger charge is 2.22. The smallest absolute Gasteiger partial charge is 0.244 e. The number of fused-ring (bicyclic) bond motifs is 2. The summed E-state index contributed by atoms with van der Waals surface area (Å²) in [4.78, 5) is 25.1. The number of amides is 1. The van der Waals surface area contributed by atoms with E-state index in [9.17, 15) is 4.79 Å². The molecule has 5 aromatic rings. The third-order valence-electron chi connectivity index (χ3n) is 5.83. The van der Waals surface area contributed by atoms with Crippen molar-refractivity contribution in [2.45, 2.75) is 25.8 Å². The standard InChI is InChI=1S/C26H22N8O2/c1-16-10-19(6-8-22(16)36-25-12-23-33-30-15-34(23)14-29-25)32-26-20-11-17(2-7-21(20)27-13-28-26)3-9-24(35)31-18-4-5-18/h2-3,6-15,18H,4-5H2,1H3,(H,31,35)(H,27,28,32)/b9-3+. The number of nitrogens with one attached hydrogen (secondary N) is 2. The number of hydrogen-bond donors (Lipinski definition) is 2. The maximum absolute atomic E-state index is 12.0. The Labute approximate surface area is 206 Å². The molecular weight excluding hydrogens is 456 g/mol. The Balaban J connectivity index is 1.21. The summed E-state index contributed by atoms with van der Waals surface area (Å²) in [5.74, 6) is 1.72. The maximum Gasteiger partial charge on any atom is 0.244 e. The van der Waals surface area contributed by atoms with Crippen LogP contribution in [-0.2, 0) is 4.79 Å². The molecule has 0 atom stereocenters. The lowest BCUT2D eigenvalue weighted by Gasteiger charge is -2.12. The molecule has 10 nitrogen and oxygen atoms in total. The van der Waals surface area contributed by atoms with Crippen LogP contribution >= 0.6 is 0 Å². The fourth-order valence-corrected chi connectivity index (χ4v) is 3.78. The number of carbonyl (C=O) groups is 1. The number of anilines is 2. The number of benzene rings is 2. The van der Waals surface area contributed by atoms with E-state index in [4.69, 9.17) is 4.74 Å². The molecule has 0 saturated heterocycles. The first kappa shape index (κ1) is 21.7. The van der Waals surface area contributed by atoms with Crippen molar-refractivity contribution < 1.29 is 9.53 Å². The van der Waals surface area contributed by atoms with Gasteiger partial charge in [0.15, 0.2) is 5.65 Å². The van der Waals surface area contributed by atoms with Crippen LogP contribution in [0.3, 0.4) is 0 Å². The molecule has 0 radical (unpaired) electrons. The summed E-state index contributed by atoms with van der Waals surface area (Å²) in [6.45, 7) is 1.96. The Morgan fingerprint density at radius 3 is 2.86 bits per heavy atom. The van der Waals surface area contributed by atoms with Crippen LogP contribution in [0.15, 0.2) is 67.5 Å². The predicted molar refractivity (Wildman–Crippen MR) is 135 cm³/mol. The van der Waals surface area contributed by atoms with Crippen LogP contribution in [0.25, 0.3) is 22.6 Å². The van der Waals surface area contributed by atoms with E-state index in [-0.39, 0.29) is 5.91 Å². The molecule has 0 unspecified atom stereocenters. The maximum atomic E-state index is 12.0. The largest absolute Gasteiger partial charge is 0.439 e. The minimum atomic E-state index is -0.0744. The van der Waals surface area contributed by atoms with Crippen LogP contribution in [0.5, 0.6) is 11.6 Å². The summed E-state index contributed by atoms with van der Waals surface area (Å²) < 4.78 is 7.68. The molecule has 1 fully saturated rings. The predicted octanol–water partition coefficient (Wildman–Crippen LogP) is 4.20. The van der Waals surface area contributed by atoms with Gasteiger partial charge >= 0.3 is 0 Å².